The van der Waals surface area contributed by atoms with Crippen molar-refractivity contribution in [2.45, 2.75) is 53.9 Å². The first kappa shape index (κ1) is 16.4. The van der Waals surface area contributed by atoms with Crippen LogP contribution in [0.4, 0.5) is 0 Å². The van der Waals surface area contributed by atoms with Crippen LogP contribution in [0.2, 0.25) is 0 Å². The second-order valence-corrected chi connectivity index (χ2v) is 5.74. The summed E-state index contributed by atoms with van der Waals surface area (Å²) in [6.07, 6.45) is 2.28. The Bertz CT molecular complexity index is 224. The van der Waals surface area contributed by atoms with Crippen molar-refractivity contribution in [3.8, 4) is 0 Å². The molecule has 0 heterocycles. The Morgan fingerprint density at radius 1 is 1.24 bits per heavy atom. The molecular formula is C14H28O3. The maximum atomic E-state index is 12.1. The van der Waals surface area contributed by atoms with Gasteiger partial charge in [0.2, 0.25) is 0 Å². The number of unbranched alkanes of at least 4 members (excludes halogenated alkanes) is 1. The van der Waals surface area contributed by atoms with Gasteiger partial charge in [0.25, 0.3) is 0 Å². The number of hydrogen-bond donors (Lipinski definition) is 1. The van der Waals surface area contributed by atoms with Crippen molar-refractivity contribution in [1.29, 1.82) is 0 Å². The summed E-state index contributed by atoms with van der Waals surface area (Å²) in [5.41, 5.74) is -0.395. The van der Waals surface area contributed by atoms with Crippen molar-refractivity contribution >= 4 is 5.97 Å². The summed E-state index contributed by atoms with van der Waals surface area (Å²) in [4.78, 5) is 12.1. The molecule has 102 valence electrons. The number of hydrogen-bond acceptors (Lipinski definition) is 3. The van der Waals surface area contributed by atoms with Gasteiger partial charge in [-0.3, -0.25) is 4.79 Å². The van der Waals surface area contributed by atoms with Crippen molar-refractivity contribution in [1.82, 2.24) is 0 Å². The van der Waals surface area contributed by atoms with E-state index in [-0.39, 0.29) is 18.5 Å². The standard InChI is InChI=1S/C14H28O3/c1-11(2)10-14(5,12(3)4)13(16)17-9-7-6-8-15/h11-12,15H,6-10H2,1-5H3. The van der Waals surface area contributed by atoms with E-state index in [2.05, 4.69) is 27.7 Å². The highest BCUT2D eigenvalue weighted by Gasteiger charge is 2.38. The van der Waals surface area contributed by atoms with Gasteiger partial charge in [0.15, 0.2) is 0 Å². The average Bonchev–Trinajstić information content (AvgIpc) is 2.22. The minimum Gasteiger partial charge on any atom is -0.465 e. The van der Waals surface area contributed by atoms with Crippen LogP contribution in [-0.4, -0.2) is 24.3 Å². The molecule has 1 N–H and O–H groups in total. The number of aliphatic hydroxyl groups excluding tert-OH is 1. The van der Waals surface area contributed by atoms with Crippen LogP contribution in [0.1, 0.15) is 53.9 Å². The van der Waals surface area contributed by atoms with E-state index in [1.807, 2.05) is 6.92 Å². The van der Waals surface area contributed by atoms with E-state index in [0.717, 1.165) is 12.8 Å². The van der Waals surface area contributed by atoms with Crippen LogP contribution < -0.4 is 0 Å². The Hall–Kier alpha value is -0.570. The Labute approximate surface area is 106 Å². The molecule has 0 saturated heterocycles. The summed E-state index contributed by atoms with van der Waals surface area (Å²) in [6.45, 7) is 10.9. The molecule has 0 bridgehead atoms. The third-order valence-corrected chi connectivity index (χ3v) is 3.36. The molecule has 0 aliphatic carbocycles. The maximum absolute atomic E-state index is 12.1. The SMILES string of the molecule is CC(C)CC(C)(C(=O)OCCCCO)C(C)C. The molecule has 0 aromatic rings. The van der Waals surface area contributed by atoms with Gasteiger partial charge in [0, 0.05) is 6.61 Å². The summed E-state index contributed by atoms with van der Waals surface area (Å²) >= 11 is 0. The molecule has 3 heteroatoms. The number of ether oxygens (including phenoxy) is 1. The monoisotopic (exact) mass is 244 g/mol. The van der Waals surface area contributed by atoms with Gasteiger partial charge in [-0.05, 0) is 38.0 Å². The normalized spacial score (nSPS) is 15.1. The Balaban J connectivity index is 4.34. The Morgan fingerprint density at radius 2 is 1.82 bits per heavy atom. The van der Waals surface area contributed by atoms with E-state index in [1.54, 1.807) is 0 Å². The van der Waals surface area contributed by atoms with Gasteiger partial charge in [-0.2, -0.15) is 0 Å². The second kappa shape index (κ2) is 7.70. The van der Waals surface area contributed by atoms with Gasteiger partial charge in [-0.1, -0.05) is 27.7 Å². The van der Waals surface area contributed by atoms with E-state index in [1.165, 1.54) is 0 Å². The lowest BCUT2D eigenvalue weighted by atomic mass is 9.73. The zero-order valence-corrected chi connectivity index (χ0v) is 12.0. The molecule has 0 spiro atoms. The largest absolute Gasteiger partial charge is 0.465 e. The van der Waals surface area contributed by atoms with Crippen LogP contribution >= 0.6 is 0 Å². The van der Waals surface area contributed by atoms with Crippen LogP contribution in [-0.2, 0) is 9.53 Å². The topological polar surface area (TPSA) is 46.5 Å². The summed E-state index contributed by atoms with van der Waals surface area (Å²) < 4.78 is 5.32. The maximum Gasteiger partial charge on any atom is 0.312 e. The van der Waals surface area contributed by atoms with Gasteiger partial charge in [0.05, 0.1) is 12.0 Å². The lowest BCUT2D eigenvalue weighted by Crippen LogP contribution is -2.36. The summed E-state index contributed by atoms with van der Waals surface area (Å²) in [5, 5.41) is 8.66. The minimum absolute atomic E-state index is 0.0980. The fourth-order valence-corrected chi connectivity index (χ4v) is 1.95. The quantitative estimate of drug-likeness (QED) is 0.527. The third-order valence-electron chi connectivity index (χ3n) is 3.36. The smallest absolute Gasteiger partial charge is 0.312 e. The lowest BCUT2D eigenvalue weighted by Gasteiger charge is -2.32. The molecule has 0 saturated carbocycles. The molecule has 1 atom stereocenters. The lowest BCUT2D eigenvalue weighted by molar-refractivity contribution is -0.159. The molecule has 0 amide bonds. The average molecular weight is 244 g/mol. The predicted octanol–water partition coefficient (Wildman–Crippen LogP) is 3.01. The third kappa shape index (κ3) is 5.53. The molecule has 17 heavy (non-hydrogen) atoms. The Morgan fingerprint density at radius 3 is 2.24 bits per heavy atom. The van der Waals surface area contributed by atoms with E-state index in [4.69, 9.17) is 9.84 Å². The predicted molar refractivity (Wildman–Crippen MR) is 69.7 cm³/mol. The van der Waals surface area contributed by atoms with Gasteiger partial charge in [-0.25, -0.2) is 0 Å². The molecule has 0 radical (unpaired) electrons. The van der Waals surface area contributed by atoms with Crippen LogP contribution in [0.15, 0.2) is 0 Å². The van der Waals surface area contributed by atoms with E-state index in [0.29, 0.717) is 18.9 Å². The van der Waals surface area contributed by atoms with Crippen molar-refractivity contribution in [3.63, 3.8) is 0 Å². The zero-order chi connectivity index (χ0) is 13.5. The molecule has 0 aromatic heterocycles. The van der Waals surface area contributed by atoms with Gasteiger partial charge in [0.1, 0.15) is 0 Å². The van der Waals surface area contributed by atoms with Crippen LogP contribution in [0.25, 0.3) is 0 Å². The zero-order valence-electron chi connectivity index (χ0n) is 12.0. The molecular weight excluding hydrogens is 216 g/mol. The summed E-state index contributed by atoms with van der Waals surface area (Å²) in [5.74, 6) is 0.654. The highest BCUT2D eigenvalue weighted by molar-refractivity contribution is 5.76. The van der Waals surface area contributed by atoms with Crippen molar-refractivity contribution in [2.75, 3.05) is 13.2 Å². The molecule has 0 fully saturated rings. The fourth-order valence-electron chi connectivity index (χ4n) is 1.95. The summed E-state index contributed by atoms with van der Waals surface area (Å²) in [7, 11) is 0. The first-order valence-corrected chi connectivity index (χ1v) is 6.62. The molecule has 0 aromatic carbocycles. The first-order chi connectivity index (χ1) is 7.84. The van der Waals surface area contributed by atoms with Crippen LogP contribution in [0.3, 0.4) is 0 Å². The minimum atomic E-state index is -0.395. The number of carbonyl (C=O) groups is 1. The number of esters is 1. The van der Waals surface area contributed by atoms with Gasteiger partial charge in [-0.15, -0.1) is 0 Å². The molecule has 0 aliphatic rings. The fraction of sp³-hybridized carbons (Fsp3) is 0.929. The number of carbonyl (C=O) groups excluding carboxylic acids is 1. The van der Waals surface area contributed by atoms with E-state index < -0.39 is 5.41 Å². The molecule has 1 unspecified atom stereocenters. The Kier molecular flexibility index (Phi) is 7.44. The van der Waals surface area contributed by atoms with Crippen molar-refractivity contribution in [3.05, 3.63) is 0 Å². The summed E-state index contributed by atoms with van der Waals surface area (Å²) in [6, 6.07) is 0. The van der Waals surface area contributed by atoms with Crippen LogP contribution in [0, 0.1) is 17.3 Å². The molecule has 0 rings (SSSR count). The number of rotatable bonds is 8. The van der Waals surface area contributed by atoms with Crippen molar-refractivity contribution in [2.24, 2.45) is 17.3 Å². The van der Waals surface area contributed by atoms with Crippen LogP contribution in [0.5, 0.6) is 0 Å². The highest BCUT2D eigenvalue weighted by Crippen LogP contribution is 2.35. The molecule has 0 aliphatic heterocycles. The second-order valence-electron chi connectivity index (χ2n) is 5.74. The molecule has 3 nitrogen and oxygen atoms in total. The first-order valence-electron chi connectivity index (χ1n) is 6.62. The highest BCUT2D eigenvalue weighted by atomic mass is 16.5. The number of aliphatic hydroxyl groups is 1. The van der Waals surface area contributed by atoms with E-state index in [9.17, 15) is 4.79 Å². The van der Waals surface area contributed by atoms with Crippen molar-refractivity contribution < 1.29 is 14.6 Å². The van der Waals surface area contributed by atoms with Gasteiger partial charge >= 0.3 is 5.97 Å². The van der Waals surface area contributed by atoms with Gasteiger partial charge < -0.3 is 9.84 Å². The van der Waals surface area contributed by atoms with E-state index >= 15 is 0 Å².